The van der Waals surface area contributed by atoms with Crippen LogP contribution in [-0.2, 0) is 6.42 Å². The SMILES string of the molecule is NCC1CCCc2sc(-c3ccc(Cl)cc3)nc21. The Morgan fingerprint density at radius 2 is 2.11 bits per heavy atom. The lowest BCUT2D eigenvalue weighted by Gasteiger charge is -2.18. The van der Waals surface area contributed by atoms with E-state index in [1.54, 1.807) is 11.3 Å². The number of halogens is 1. The molecular formula is C14H15ClN2S. The Labute approximate surface area is 116 Å². The first-order valence-corrected chi connectivity index (χ1v) is 7.43. The van der Waals surface area contributed by atoms with Crippen molar-refractivity contribution >= 4 is 22.9 Å². The number of aromatic nitrogens is 1. The molecule has 0 fully saturated rings. The molecule has 94 valence electrons. The fourth-order valence-electron chi connectivity index (χ4n) is 2.45. The smallest absolute Gasteiger partial charge is 0.123 e. The van der Waals surface area contributed by atoms with Crippen LogP contribution in [0, 0.1) is 0 Å². The average Bonchev–Trinajstić information content (AvgIpc) is 2.83. The summed E-state index contributed by atoms with van der Waals surface area (Å²) in [6, 6.07) is 7.89. The molecule has 3 rings (SSSR count). The van der Waals surface area contributed by atoms with Gasteiger partial charge < -0.3 is 5.73 Å². The number of hydrogen-bond donors (Lipinski definition) is 1. The van der Waals surface area contributed by atoms with Crippen LogP contribution in [0.15, 0.2) is 24.3 Å². The maximum atomic E-state index is 5.91. The van der Waals surface area contributed by atoms with E-state index in [1.165, 1.54) is 23.4 Å². The molecule has 0 aliphatic heterocycles. The Balaban J connectivity index is 1.99. The minimum Gasteiger partial charge on any atom is -0.330 e. The van der Waals surface area contributed by atoms with Crippen molar-refractivity contribution in [1.82, 2.24) is 4.98 Å². The number of nitrogens with two attached hydrogens (primary N) is 1. The third-order valence-corrected chi connectivity index (χ3v) is 4.88. The number of hydrogen-bond acceptors (Lipinski definition) is 3. The Kier molecular flexibility index (Phi) is 3.37. The molecule has 0 saturated carbocycles. The fraction of sp³-hybridized carbons (Fsp3) is 0.357. The van der Waals surface area contributed by atoms with E-state index in [2.05, 4.69) is 0 Å². The normalized spacial score (nSPS) is 18.7. The summed E-state index contributed by atoms with van der Waals surface area (Å²) in [5, 5.41) is 1.86. The average molecular weight is 279 g/mol. The van der Waals surface area contributed by atoms with Gasteiger partial charge in [-0.2, -0.15) is 0 Å². The second-order valence-corrected chi connectivity index (χ2v) is 6.18. The highest BCUT2D eigenvalue weighted by Crippen LogP contribution is 2.37. The number of nitrogens with zero attached hydrogens (tertiary/aromatic N) is 1. The molecule has 0 bridgehead atoms. The van der Waals surface area contributed by atoms with Gasteiger partial charge in [-0.3, -0.25) is 0 Å². The predicted octanol–water partition coefficient (Wildman–Crippen LogP) is 3.84. The van der Waals surface area contributed by atoms with Gasteiger partial charge in [0.15, 0.2) is 0 Å². The number of benzene rings is 1. The first-order chi connectivity index (χ1) is 8.78. The van der Waals surface area contributed by atoms with E-state index in [9.17, 15) is 0 Å². The van der Waals surface area contributed by atoms with Gasteiger partial charge in [0, 0.05) is 27.9 Å². The summed E-state index contributed by atoms with van der Waals surface area (Å²) in [6.07, 6.45) is 3.56. The largest absolute Gasteiger partial charge is 0.330 e. The van der Waals surface area contributed by atoms with Crippen molar-refractivity contribution in [3.8, 4) is 10.6 Å². The maximum Gasteiger partial charge on any atom is 0.123 e. The van der Waals surface area contributed by atoms with E-state index < -0.39 is 0 Å². The number of thiazole rings is 1. The minimum absolute atomic E-state index is 0.450. The monoisotopic (exact) mass is 278 g/mol. The summed E-state index contributed by atoms with van der Waals surface area (Å²) in [4.78, 5) is 6.22. The van der Waals surface area contributed by atoms with Gasteiger partial charge in [-0.25, -0.2) is 4.98 Å². The standard InChI is InChI=1S/C14H15ClN2S/c15-11-6-4-9(5-7-11)14-17-13-10(8-16)2-1-3-12(13)18-14/h4-7,10H,1-3,8,16H2. The Hall–Kier alpha value is -0.900. The molecule has 1 aromatic carbocycles. The van der Waals surface area contributed by atoms with E-state index in [0.29, 0.717) is 12.5 Å². The van der Waals surface area contributed by atoms with E-state index >= 15 is 0 Å². The van der Waals surface area contributed by atoms with E-state index in [0.717, 1.165) is 22.0 Å². The van der Waals surface area contributed by atoms with Crippen molar-refractivity contribution in [3.63, 3.8) is 0 Å². The van der Waals surface area contributed by atoms with Gasteiger partial charge in [-0.05, 0) is 31.4 Å². The number of aryl methyl sites for hydroxylation is 1. The van der Waals surface area contributed by atoms with Gasteiger partial charge in [0.25, 0.3) is 0 Å². The molecule has 18 heavy (non-hydrogen) atoms. The first kappa shape index (κ1) is 12.2. The number of rotatable bonds is 2. The zero-order chi connectivity index (χ0) is 12.5. The summed E-state index contributed by atoms with van der Waals surface area (Å²) in [5.41, 5.74) is 8.22. The zero-order valence-corrected chi connectivity index (χ0v) is 11.6. The first-order valence-electron chi connectivity index (χ1n) is 6.23. The molecule has 1 heterocycles. The molecule has 1 aromatic heterocycles. The summed E-state index contributed by atoms with van der Waals surface area (Å²) in [5.74, 6) is 0.450. The summed E-state index contributed by atoms with van der Waals surface area (Å²) in [6.45, 7) is 0.705. The van der Waals surface area contributed by atoms with E-state index in [-0.39, 0.29) is 0 Å². The Bertz CT molecular complexity index is 547. The van der Waals surface area contributed by atoms with Crippen LogP contribution in [0.5, 0.6) is 0 Å². The molecule has 0 amide bonds. The lowest BCUT2D eigenvalue weighted by molar-refractivity contribution is 0.554. The molecule has 0 saturated heterocycles. The van der Waals surface area contributed by atoms with Gasteiger partial charge in [-0.1, -0.05) is 23.7 Å². The lowest BCUT2D eigenvalue weighted by atomic mass is 9.91. The van der Waals surface area contributed by atoms with E-state index in [4.69, 9.17) is 22.3 Å². The molecule has 1 unspecified atom stereocenters. The topological polar surface area (TPSA) is 38.9 Å². The zero-order valence-electron chi connectivity index (χ0n) is 10.0. The van der Waals surface area contributed by atoms with Crippen molar-refractivity contribution in [2.45, 2.75) is 25.2 Å². The van der Waals surface area contributed by atoms with Crippen LogP contribution >= 0.6 is 22.9 Å². The Morgan fingerprint density at radius 1 is 1.33 bits per heavy atom. The summed E-state index contributed by atoms with van der Waals surface area (Å²) in [7, 11) is 0. The highest BCUT2D eigenvalue weighted by Gasteiger charge is 2.23. The van der Waals surface area contributed by atoms with Crippen LogP contribution in [0.3, 0.4) is 0 Å². The molecule has 1 aliphatic carbocycles. The van der Waals surface area contributed by atoms with Gasteiger partial charge >= 0.3 is 0 Å². The van der Waals surface area contributed by atoms with Crippen molar-refractivity contribution in [2.75, 3.05) is 6.54 Å². The van der Waals surface area contributed by atoms with Crippen LogP contribution in [-0.4, -0.2) is 11.5 Å². The van der Waals surface area contributed by atoms with Crippen molar-refractivity contribution in [2.24, 2.45) is 5.73 Å². The quantitative estimate of drug-likeness (QED) is 0.906. The van der Waals surface area contributed by atoms with Gasteiger partial charge in [0.05, 0.1) is 5.69 Å². The molecule has 2 nitrogen and oxygen atoms in total. The Morgan fingerprint density at radius 3 is 2.83 bits per heavy atom. The van der Waals surface area contributed by atoms with Crippen LogP contribution < -0.4 is 5.73 Å². The third kappa shape index (κ3) is 2.18. The molecule has 2 N–H and O–H groups in total. The van der Waals surface area contributed by atoms with Gasteiger partial charge in [0.2, 0.25) is 0 Å². The van der Waals surface area contributed by atoms with Crippen LogP contribution in [0.4, 0.5) is 0 Å². The highest BCUT2D eigenvalue weighted by molar-refractivity contribution is 7.15. The summed E-state index contributed by atoms with van der Waals surface area (Å²) < 4.78 is 0. The predicted molar refractivity (Wildman–Crippen MR) is 77.3 cm³/mol. The maximum absolute atomic E-state index is 5.91. The lowest BCUT2D eigenvalue weighted by Crippen LogP contribution is -2.17. The third-order valence-electron chi connectivity index (χ3n) is 3.45. The fourth-order valence-corrected chi connectivity index (χ4v) is 3.77. The molecule has 1 aliphatic rings. The highest BCUT2D eigenvalue weighted by atomic mass is 35.5. The van der Waals surface area contributed by atoms with Crippen LogP contribution in [0.2, 0.25) is 5.02 Å². The minimum atomic E-state index is 0.450. The van der Waals surface area contributed by atoms with Crippen molar-refractivity contribution in [3.05, 3.63) is 39.9 Å². The second-order valence-electron chi connectivity index (χ2n) is 4.66. The van der Waals surface area contributed by atoms with Crippen molar-refractivity contribution in [1.29, 1.82) is 0 Å². The van der Waals surface area contributed by atoms with Crippen LogP contribution in [0.1, 0.15) is 29.3 Å². The summed E-state index contributed by atoms with van der Waals surface area (Å²) >= 11 is 7.72. The van der Waals surface area contributed by atoms with Gasteiger partial charge in [-0.15, -0.1) is 11.3 Å². The second kappa shape index (κ2) is 5.00. The molecule has 1 atom stereocenters. The van der Waals surface area contributed by atoms with E-state index in [1.807, 2.05) is 24.3 Å². The molecule has 0 radical (unpaired) electrons. The van der Waals surface area contributed by atoms with Crippen molar-refractivity contribution < 1.29 is 0 Å². The molecule has 0 spiro atoms. The molecular weight excluding hydrogens is 264 g/mol. The van der Waals surface area contributed by atoms with Gasteiger partial charge in [0.1, 0.15) is 5.01 Å². The molecule has 2 aromatic rings. The molecule has 4 heteroatoms. The number of fused-ring (bicyclic) bond motifs is 1. The van der Waals surface area contributed by atoms with Crippen LogP contribution in [0.25, 0.3) is 10.6 Å².